The molecule has 8 heterocycles. The minimum Gasteiger partial charge on any atom is -0.386 e. The highest BCUT2D eigenvalue weighted by molar-refractivity contribution is 7.47. The predicted octanol–water partition coefficient (Wildman–Crippen LogP) is 0.0649. The number of phosphoric acid groups is 2. The van der Waals surface area contributed by atoms with Gasteiger partial charge in [0.1, 0.15) is 54.9 Å². The maximum Gasteiger partial charge on any atom is 0.472 e. The summed E-state index contributed by atoms with van der Waals surface area (Å²) in [4.78, 5) is 46.5. The van der Waals surface area contributed by atoms with Crippen LogP contribution in [0.15, 0.2) is 37.7 Å². The number of nitrogens with two attached hydrogens (primary N) is 1. The van der Waals surface area contributed by atoms with Gasteiger partial charge in [-0.2, -0.15) is 0 Å². The molecule has 3 fully saturated rings. The van der Waals surface area contributed by atoms with Crippen molar-refractivity contribution in [2.45, 2.75) is 49.4 Å². The second kappa shape index (κ2) is 10.5. The number of imidazole rings is 3. The van der Waals surface area contributed by atoms with Crippen LogP contribution in [-0.2, 0) is 36.7 Å². The molecule has 0 aliphatic carbocycles. The van der Waals surface area contributed by atoms with E-state index in [1.807, 2.05) is 0 Å². The Morgan fingerprint density at radius 3 is 2.38 bits per heavy atom. The van der Waals surface area contributed by atoms with Gasteiger partial charge in [-0.15, -0.1) is 0 Å². The van der Waals surface area contributed by atoms with Gasteiger partial charge in [0.2, 0.25) is 0 Å². The number of fused-ring (bicyclic) bond motifs is 6. The number of phosphoric ester groups is 2. The van der Waals surface area contributed by atoms with Gasteiger partial charge in [-0.3, -0.25) is 31.6 Å². The molecule has 3 aliphatic heterocycles. The van der Waals surface area contributed by atoms with E-state index in [9.17, 15) is 24.0 Å². The van der Waals surface area contributed by atoms with E-state index in [4.69, 9.17) is 33.3 Å². The Kier molecular flexibility index (Phi) is 6.79. The van der Waals surface area contributed by atoms with E-state index in [0.29, 0.717) is 16.8 Å². The predicted molar refractivity (Wildman–Crippen MR) is 146 cm³/mol. The molecular weight excluding hydrogens is 642 g/mol. The van der Waals surface area contributed by atoms with Gasteiger partial charge in [0.15, 0.2) is 34.5 Å². The number of hydrogen-bond acceptors (Lipinski definition) is 16. The van der Waals surface area contributed by atoms with Gasteiger partial charge >= 0.3 is 15.6 Å². The molecular formula is C22H24N10O11P2. The number of ether oxygens (including phenoxy) is 2. The molecule has 0 amide bonds. The van der Waals surface area contributed by atoms with E-state index in [1.165, 1.54) is 23.5 Å². The maximum atomic E-state index is 13.1. The molecule has 9 atom stereocenters. The molecule has 8 rings (SSSR count). The molecule has 0 saturated carbocycles. The Morgan fingerprint density at radius 2 is 1.53 bits per heavy atom. The Hall–Kier alpha value is -3.46. The van der Waals surface area contributed by atoms with Crippen LogP contribution in [0.4, 0.5) is 5.82 Å². The monoisotopic (exact) mass is 666 g/mol. The molecule has 45 heavy (non-hydrogen) atoms. The third-order valence-corrected chi connectivity index (χ3v) is 9.74. The highest BCUT2D eigenvalue weighted by Gasteiger charge is 2.52. The Balaban J connectivity index is 1.06. The summed E-state index contributed by atoms with van der Waals surface area (Å²) in [5, 5.41) is 11.2. The lowest BCUT2D eigenvalue weighted by molar-refractivity contribution is -0.0662. The van der Waals surface area contributed by atoms with Crippen molar-refractivity contribution >= 4 is 49.4 Å². The topological polar surface area (TPSA) is 268 Å². The second-order valence-corrected chi connectivity index (χ2v) is 13.3. The molecule has 0 spiro atoms. The minimum absolute atomic E-state index is 0.00663. The first-order chi connectivity index (χ1) is 21.6. The van der Waals surface area contributed by atoms with E-state index in [1.54, 1.807) is 27.7 Å². The van der Waals surface area contributed by atoms with Crippen LogP contribution in [0.2, 0.25) is 0 Å². The third kappa shape index (κ3) is 5.02. The molecule has 5 N–H and O–H groups in total. The number of anilines is 1. The summed E-state index contributed by atoms with van der Waals surface area (Å²) in [6, 6.07) is 0. The van der Waals surface area contributed by atoms with E-state index in [2.05, 4.69) is 29.9 Å². The average Bonchev–Trinajstić information content (AvgIpc) is 3.81. The second-order valence-electron chi connectivity index (χ2n) is 10.5. The molecule has 3 aliphatic rings. The largest absolute Gasteiger partial charge is 0.472 e. The first kappa shape index (κ1) is 29.0. The molecule has 2 unspecified atom stereocenters. The van der Waals surface area contributed by atoms with E-state index >= 15 is 0 Å². The van der Waals surface area contributed by atoms with Crippen LogP contribution < -0.4 is 5.73 Å². The molecule has 5 aromatic rings. The van der Waals surface area contributed by atoms with Crippen LogP contribution >= 0.6 is 15.6 Å². The number of aromatic nitrogens is 9. The van der Waals surface area contributed by atoms with E-state index in [-0.39, 0.29) is 23.4 Å². The lowest BCUT2D eigenvalue weighted by Crippen LogP contribution is -2.37. The molecule has 5 aromatic heterocycles. The Labute approximate surface area is 250 Å². The quantitative estimate of drug-likeness (QED) is 0.181. The van der Waals surface area contributed by atoms with Crippen molar-refractivity contribution < 1.29 is 51.6 Å². The van der Waals surface area contributed by atoms with Crippen LogP contribution in [0.5, 0.6) is 0 Å². The number of nitrogen functional groups attached to an aromatic ring is 1. The van der Waals surface area contributed by atoms with Gasteiger partial charge in [-0.05, 0) is 0 Å². The first-order valence-corrected chi connectivity index (χ1v) is 16.4. The van der Waals surface area contributed by atoms with Crippen LogP contribution in [0.25, 0.3) is 28.0 Å². The number of hydrogen-bond donors (Lipinski definition) is 4. The fraction of sp³-hybridized carbons (Fsp3) is 0.455. The van der Waals surface area contributed by atoms with Crippen molar-refractivity contribution in [3.63, 3.8) is 0 Å². The lowest BCUT2D eigenvalue weighted by Gasteiger charge is -2.27. The van der Waals surface area contributed by atoms with Crippen LogP contribution in [0.1, 0.15) is 18.9 Å². The molecule has 3 saturated heterocycles. The fourth-order valence-electron chi connectivity index (χ4n) is 5.68. The van der Waals surface area contributed by atoms with Gasteiger partial charge in [-0.25, -0.2) is 39.0 Å². The summed E-state index contributed by atoms with van der Waals surface area (Å²) < 4.78 is 64.1. The van der Waals surface area contributed by atoms with E-state index < -0.39 is 71.8 Å². The molecule has 0 aromatic carbocycles. The van der Waals surface area contributed by atoms with Crippen LogP contribution in [0, 0.1) is 0 Å². The van der Waals surface area contributed by atoms with Gasteiger partial charge in [0, 0.05) is 18.8 Å². The number of nitrogens with zero attached hydrogens (tertiary/aromatic N) is 9. The van der Waals surface area contributed by atoms with Crippen molar-refractivity contribution in [2.75, 3.05) is 18.9 Å². The fourth-order valence-corrected chi connectivity index (χ4v) is 7.61. The highest BCUT2D eigenvalue weighted by Crippen LogP contribution is 2.53. The first-order valence-electron chi connectivity index (χ1n) is 13.4. The molecule has 238 valence electrons. The summed E-state index contributed by atoms with van der Waals surface area (Å²) in [6.45, 7) is -1.28. The number of aliphatic hydroxyl groups excluding tert-OH is 1. The summed E-state index contributed by atoms with van der Waals surface area (Å²) in [6.07, 6.45) is -0.126. The number of rotatable bonds is 2. The van der Waals surface area contributed by atoms with Crippen molar-refractivity contribution in [3.05, 3.63) is 37.7 Å². The van der Waals surface area contributed by atoms with Gasteiger partial charge < -0.3 is 30.1 Å². The zero-order valence-corrected chi connectivity index (χ0v) is 24.5. The maximum absolute atomic E-state index is 13.1. The zero-order chi connectivity index (χ0) is 31.1. The normalized spacial score (nSPS) is 36.2. The minimum atomic E-state index is -4.90. The molecule has 0 bridgehead atoms. The van der Waals surface area contributed by atoms with Crippen molar-refractivity contribution in [1.82, 2.24) is 43.4 Å². The van der Waals surface area contributed by atoms with Crippen molar-refractivity contribution in [1.29, 1.82) is 0 Å². The Morgan fingerprint density at radius 1 is 0.800 bits per heavy atom. The zero-order valence-electron chi connectivity index (χ0n) is 22.7. The van der Waals surface area contributed by atoms with E-state index in [0.717, 1.165) is 0 Å². The average molecular weight is 666 g/mol. The standard InChI is InChI=1S/C22H24N10O11P2/c23-18-14-20(26-6-25-18)32(9-27-14)22-16(33)17-12(41-22)5-39-44(34,35)42-10-3-13(40-11(10)4-38-45(36,37)43-17)31-8-28-15-19-24-1-2-30(19)7-29-21(15)31/h1-2,6-13,16-17,22,33H,3-5H2,(H,34,35)(H,36,37)(H2,23,25,26)/t10-,11+,12+,13+,16+,17+,22+/m0/s1. The van der Waals surface area contributed by atoms with Gasteiger partial charge in [0.05, 0.1) is 25.9 Å². The van der Waals surface area contributed by atoms with Crippen LogP contribution in [-0.4, -0.2) is 102 Å². The molecule has 21 nitrogen and oxygen atoms in total. The highest BCUT2D eigenvalue weighted by atomic mass is 31.2. The smallest absolute Gasteiger partial charge is 0.386 e. The summed E-state index contributed by atoms with van der Waals surface area (Å²) in [5.41, 5.74) is 7.74. The summed E-state index contributed by atoms with van der Waals surface area (Å²) >= 11 is 0. The molecule has 0 radical (unpaired) electrons. The van der Waals surface area contributed by atoms with Crippen molar-refractivity contribution in [3.8, 4) is 0 Å². The summed E-state index contributed by atoms with van der Waals surface area (Å²) in [7, 11) is -9.71. The third-order valence-electron chi connectivity index (χ3n) is 7.74. The van der Waals surface area contributed by atoms with Gasteiger partial charge in [-0.1, -0.05) is 0 Å². The molecule has 23 heteroatoms. The van der Waals surface area contributed by atoms with Crippen molar-refractivity contribution in [2.24, 2.45) is 0 Å². The van der Waals surface area contributed by atoms with Crippen LogP contribution in [0.3, 0.4) is 0 Å². The summed E-state index contributed by atoms with van der Waals surface area (Å²) in [5.74, 6) is 0.0757. The van der Waals surface area contributed by atoms with Gasteiger partial charge in [0.25, 0.3) is 0 Å². The number of aliphatic hydroxyl groups is 1. The SMILES string of the molecule is Nc1ncnc2c1ncn2[C@@H]1O[C@@H]2COP(=O)(O)O[C@H]3C[C@H](n4cnc5c4ncn4ccnc54)O[C@@H]3COP(=O)(O)O[C@H]2[C@H]1O. The lowest BCUT2D eigenvalue weighted by atomic mass is 10.1. The Bertz CT molecular complexity index is 2020.